The fourth-order valence-electron chi connectivity index (χ4n) is 1.62. The molecule has 0 aromatic heterocycles. The summed E-state index contributed by atoms with van der Waals surface area (Å²) in [7, 11) is 0. The molecule has 80 valence electrons. The van der Waals surface area contributed by atoms with Crippen LogP contribution in [0.5, 0.6) is 0 Å². The molecule has 1 rings (SSSR count). The van der Waals surface area contributed by atoms with E-state index in [2.05, 4.69) is 19.2 Å². The highest BCUT2D eigenvalue weighted by molar-refractivity contribution is 5.89. The fourth-order valence-corrected chi connectivity index (χ4v) is 1.62. The molecule has 1 saturated heterocycles. The minimum absolute atomic E-state index is 0.0305. The number of carbonyl (C=O) groups is 2. The smallest absolute Gasteiger partial charge is 0.244 e. The standard InChI is InChI=1S/C10H18N2O2/c1-7(2)6-12-5-4-9(13)11-8(3)10(12)14/h7-8H,4-6H2,1-3H3,(H,11,13). The number of hydrogen-bond donors (Lipinski definition) is 1. The van der Waals surface area contributed by atoms with Crippen molar-refractivity contribution in [1.82, 2.24) is 10.2 Å². The van der Waals surface area contributed by atoms with Crippen molar-refractivity contribution in [3.05, 3.63) is 0 Å². The SMILES string of the molecule is CC(C)CN1CCC(=O)NC(C)C1=O. The lowest BCUT2D eigenvalue weighted by molar-refractivity contribution is -0.133. The summed E-state index contributed by atoms with van der Waals surface area (Å²) >= 11 is 0. The van der Waals surface area contributed by atoms with Crippen LogP contribution in [0.15, 0.2) is 0 Å². The molecule has 0 aliphatic carbocycles. The van der Waals surface area contributed by atoms with E-state index < -0.39 is 0 Å². The first-order chi connectivity index (χ1) is 6.50. The molecule has 4 nitrogen and oxygen atoms in total. The molecule has 1 aliphatic heterocycles. The topological polar surface area (TPSA) is 49.4 Å². The molecule has 0 radical (unpaired) electrons. The molecule has 1 heterocycles. The van der Waals surface area contributed by atoms with E-state index in [1.54, 1.807) is 11.8 Å². The van der Waals surface area contributed by atoms with Crippen molar-refractivity contribution in [2.24, 2.45) is 5.92 Å². The largest absolute Gasteiger partial charge is 0.345 e. The van der Waals surface area contributed by atoms with Gasteiger partial charge in [-0.1, -0.05) is 13.8 Å². The van der Waals surface area contributed by atoms with Gasteiger partial charge in [0.2, 0.25) is 11.8 Å². The molecular weight excluding hydrogens is 180 g/mol. The number of amides is 2. The van der Waals surface area contributed by atoms with Crippen LogP contribution in [0, 0.1) is 5.92 Å². The normalized spacial score (nSPS) is 23.7. The zero-order valence-corrected chi connectivity index (χ0v) is 9.04. The van der Waals surface area contributed by atoms with E-state index in [0.29, 0.717) is 18.9 Å². The third-order valence-electron chi connectivity index (χ3n) is 2.25. The van der Waals surface area contributed by atoms with Crippen LogP contribution in [0.4, 0.5) is 0 Å². The average Bonchev–Trinajstić information content (AvgIpc) is 2.18. The first-order valence-corrected chi connectivity index (χ1v) is 5.09. The summed E-state index contributed by atoms with van der Waals surface area (Å²) in [6.07, 6.45) is 0.419. The third kappa shape index (κ3) is 2.72. The lowest BCUT2D eigenvalue weighted by atomic mass is 10.2. The highest BCUT2D eigenvalue weighted by atomic mass is 16.2. The van der Waals surface area contributed by atoms with Crippen LogP contribution in [0.1, 0.15) is 27.2 Å². The maximum absolute atomic E-state index is 11.7. The van der Waals surface area contributed by atoms with E-state index in [1.807, 2.05) is 0 Å². The molecule has 0 aromatic carbocycles. The molecule has 1 fully saturated rings. The lowest BCUT2D eigenvalue weighted by Crippen LogP contribution is -2.43. The quantitative estimate of drug-likeness (QED) is 0.697. The molecule has 0 bridgehead atoms. The van der Waals surface area contributed by atoms with Gasteiger partial charge < -0.3 is 10.2 Å². The van der Waals surface area contributed by atoms with Crippen molar-refractivity contribution < 1.29 is 9.59 Å². The molecule has 1 unspecified atom stereocenters. The van der Waals surface area contributed by atoms with Gasteiger partial charge in [-0.25, -0.2) is 0 Å². The summed E-state index contributed by atoms with van der Waals surface area (Å²) in [4.78, 5) is 24.7. The summed E-state index contributed by atoms with van der Waals surface area (Å²) in [6, 6.07) is -0.372. The van der Waals surface area contributed by atoms with Crippen LogP contribution in [0.3, 0.4) is 0 Å². The molecular formula is C10H18N2O2. The second kappa shape index (κ2) is 4.44. The zero-order valence-electron chi connectivity index (χ0n) is 9.04. The molecule has 4 heteroatoms. The number of rotatable bonds is 2. The Morgan fingerprint density at radius 2 is 2.14 bits per heavy atom. The van der Waals surface area contributed by atoms with E-state index in [9.17, 15) is 9.59 Å². The van der Waals surface area contributed by atoms with Crippen molar-refractivity contribution in [3.63, 3.8) is 0 Å². The Morgan fingerprint density at radius 1 is 1.50 bits per heavy atom. The summed E-state index contributed by atoms with van der Waals surface area (Å²) in [6.45, 7) is 7.15. The minimum atomic E-state index is -0.372. The summed E-state index contributed by atoms with van der Waals surface area (Å²) in [5.74, 6) is 0.445. The molecule has 1 atom stereocenters. The molecule has 1 aliphatic rings. The predicted octanol–water partition coefficient (Wildman–Crippen LogP) is 0.379. The minimum Gasteiger partial charge on any atom is -0.345 e. The Bertz CT molecular complexity index is 238. The number of nitrogens with zero attached hydrogens (tertiary/aromatic N) is 1. The monoisotopic (exact) mass is 198 g/mol. The number of nitrogens with one attached hydrogen (secondary N) is 1. The van der Waals surface area contributed by atoms with E-state index in [-0.39, 0.29) is 17.9 Å². The molecule has 1 N–H and O–H groups in total. The Balaban J connectivity index is 2.65. The van der Waals surface area contributed by atoms with Gasteiger partial charge in [0, 0.05) is 19.5 Å². The van der Waals surface area contributed by atoms with Gasteiger partial charge in [0.05, 0.1) is 0 Å². The number of carbonyl (C=O) groups excluding carboxylic acids is 2. The maximum atomic E-state index is 11.7. The highest BCUT2D eigenvalue weighted by Gasteiger charge is 2.26. The van der Waals surface area contributed by atoms with Gasteiger partial charge in [-0.15, -0.1) is 0 Å². The van der Waals surface area contributed by atoms with E-state index in [4.69, 9.17) is 0 Å². The Morgan fingerprint density at radius 3 is 2.71 bits per heavy atom. The van der Waals surface area contributed by atoms with Crippen LogP contribution in [-0.4, -0.2) is 35.8 Å². The lowest BCUT2D eigenvalue weighted by Gasteiger charge is -2.23. The third-order valence-corrected chi connectivity index (χ3v) is 2.25. The molecule has 14 heavy (non-hydrogen) atoms. The first-order valence-electron chi connectivity index (χ1n) is 5.09. The van der Waals surface area contributed by atoms with Crippen LogP contribution in [0.2, 0.25) is 0 Å². The van der Waals surface area contributed by atoms with E-state index in [0.717, 1.165) is 6.54 Å². The summed E-state index contributed by atoms with van der Waals surface area (Å²) in [5.41, 5.74) is 0. The maximum Gasteiger partial charge on any atom is 0.244 e. The Hall–Kier alpha value is -1.06. The van der Waals surface area contributed by atoms with Crippen LogP contribution in [0.25, 0.3) is 0 Å². The second-order valence-electron chi connectivity index (χ2n) is 4.22. The van der Waals surface area contributed by atoms with Crippen molar-refractivity contribution in [2.75, 3.05) is 13.1 Å². The second-order valence-corrected chi connectivity index (χ2v) is 4.22. The van der Waals surface area contributed by atoms with Crippen molar-refractivity contribution in [1.29, 1.82) is 0 Å². The van der Waals surface area contributed by atoms with Gasteiger partial charge in [-0.2, -0.15) is 0 Å². The van der Waals surface area contributed by atoms with Gasteiger partial charge in [-0.3, -0.25) is 9.59 Å². The molecule has 0 spiro atoms. The summed E-state index contributed by atoms with van der Waals surface area (Å²) < 4.78 is 0. The summed E-state index contributed by atoms with van der Waals surface area (Å²) in [5, 5.41) is 2.66. The Labute approximate surface area is 84.7 Å². The van der Waals surface area contributed by atoms with Crippen LogP contribution >= 0.6 is 0 Å². The molecule has 0 saturated carbocycles. The average molecular weight is 198 g/mol. The van der Waals surface area contributed by atoms with Gasteiger partial charge in [0.25, 0.3) is 0 Å². The van der Waals surface area contributed by atoms with Crippen molar-refractivity contribution >= 4 is 11.8 Å². The highest BCUT2D eigenvalue weighted by Crippen LogP contribution is 2.06. The fraction of sp³-hybridized carbons (Fsp3) is 0.800. The van der Waals surface area contributed by atoms with Gasteiger partial charge in [0.1, 0.15) is 6.04 Å². The molecule has 2 amide bonds. The van der Waals surface area contributed by atoms with Crippen LogP contribution in [-0.2, 0) is 9.59 Å². The molecule has 0 aromatic rings. The predicted molar refractivity (Wildman–Crippen MR) is 53.6 cm³/mol. The Kier molecular flexibility index (Phi) is 3.49. The van der Waals surface area contributed by atoms with Crippen molar-refractivity contribution in [2.45, 2.75) is 33.2 Å². The van der Waals surface area contributed by atoms with Gasteiger partial charge in [0.15, 0.2) is 0 Å². The first kappa shape index (κ1) is 11.0. The van der Waals surface area contributed by atoms with E-state index >= 15 is 0 Å². The van der Waals surface area contributed by atoms with Crippen LogP contribution < -0.4 is 5.32 Å². The van der Waals surface area contributed by atoms with Crippen molar-refractivity contribution in [3.8, 4) is 0 Å². The number of hydrogen-bond acceptors (Lipinski definition) is 2. The van der Waals surface area contributed by atoms with Gasteiger partial charge in [-0.05, 0) is 12.8 Å². The van der Waals surface area contributed by atoms with Gasteiger partial charge >= 0.3 is 0 Å². The van der Waals surface area contributed by atoms with E-state index in [1.165, 1.54) is 0 Å². The zero-order chi connectivity index (χ0) is 10.7.